The number of nitrogens with zero attached hydrogens (tertiary/aromatic N) is 3. The molecule has 0 aliphatic carbocycles. The van der Waals surface area contributed by atoms with Gasteiger partial charge in [0.05, 0.1) is 5.56 Å². The Labute approximate surface area is 91.8 Å². The third-order valence-corrected chi connectivity index (χ3v) is 2.03. The Hall–Kier alpha value is -2.30. The van der Waals surface area contributed by atoms with Gasteiger partial charge in [-0.25, -0.2) is 19.7 Å². The zero-order chi connectivity index (χ0) is 11.5. The van der Waals surface area contributed by atoms with E-state index in [1.807, 2.05) is 6.92 Å². The summed E-state index contributed by atoms with van der Waals surface area (Å²) in [6.07, 6.45) is 4.64. The van der Waals surface area contributed by atoms with E-state index in [0.29, 0.717) is 11.4 Å². The van der Waals surface area contributed by atoms with Crippen molar-refractivity contribution in [1.82, 2.24) is 15.0 Å². The smallest absolute Gasteiger partial charge is 0.355 e. The van der Waals surface area contributed by atoms with E-state index in [-0.39, 0.29) is 5.69 Å². The van der Waals surface area contributed by atoms with Gasteiger partial charge in [-0.15, -0.1) is 0 Å². The first-order chi connectivity index (χ1) is 7.68. The molecular formula is C11H9N3O2. The van der Waals surface area contributed by atoms with Crippen LogP contribution in [0.25, 0.3) is 11.4 Å². The van der Waals surface area contributed by atoms with E-state index in [1.165, 1.54) is 6.20 Å². The van der Waals surface area contributed by atoms with E-state index < -0.39 is 5.97 Å². The van der Waals surface area contributed by atoms with Crippen LogP contribution in [-0.4, -0.2) is 26.0 Å². The highest BCUT2D eigenvalue weighted by atomic mass is 16.4. The molecule has 0 bridgehead atoms. The molecule has 16 heavy (non-hydrogen) atoms. The Morgan fingerprint density at radius 3 is 2.56 bits per heavy atom. The number of rotatable bonds is 2. The molecule has 2 heterocycles. The largest absolute Gasteiger partial charge is 0.476 e. The molecule has 0 saturated carbocycles. The molecule has 2 aromatic heterocycles. The Balaban J connectivity index is 2.63. The van der Waals surface area contributed by atoms with Crippen LogP contribution in [0.2, 0.25) is 0 Å². The second-order valence-electron chi connectivity index (χ2n) is 3.29. The van der Waals surface area contributed by atoms with E-state index in [4.69, 9.17) is 5.11 Å². The van der Waals surface area contributed by atoms with Crippen LogP contribution in [0.4, 0.5) is 0 Å². The molecule has 0 aliphatic rings. The lowest BCUT2D eigenvalue weighted by atomic mass is 10.1. The molecule has 2 rings (SSSR count). The van der Waals surface area contributed by atoms with Gasteiger partial charge in [0.1, 0.15) is 0 Å². The summed E-state index contributed by atoms with van der Waals surface area (Å²) >= 11 is 0. The van der Waals surface area contributed by atoms with Crippen molar-refractivity contribution in [1.29, 1.82) is 0 Å². The number of carboxylic acids is 1. The van der Waals surface area contributed by atoms with Crippen molar-refractivity contribution in [3.05, 3.63) is 42.0 Å². The summed E-state index contributed by atoms with van der Waals surface area (Å²) in [5, 5.41) is 9.00. The monoisotopic (exact) mass is 215 g/mol. The molecule has 80 valence electrons. The molecule has 0 aromatic carbocycles. The molecule has 1 N–H and O–H groups in total. The molecule has 0 amide bonds. The number of hydrogen-bond acceptors (Lipinski definition) is 4. The molecule has 2 aromatic rings. The van der Waals surface area contributed by atoms with Gasteiger partial charge in [0.2, 0.25) is 0 Å². The summed E-state index contributed by atoms with van der Waals surface area (Å²) in [5.41, 5.74) is 1.28. The molecule has 0 saturated heterocycles. The predicted molar refractivity (Wildman–Crippen MR) is 57.0 cm³/mol. The summed E-state index contributed by atoms with van der Waals surface area (Å²) in [4.78, 5) is 22.9. The molecular weight excluding hydrogens is 206 g/mol. The second kappa shape index (κ2) is 4.06. The second-order valence-corrected chi connectivity index (χ2v) is 3.29. The van der Waals surface area contributed by atoms with Crippen LogP contribution in [0.3, 0.4) is 0 Å². The highest BCUT2D eigenvalue weighted by molar-refractivity contribution is 5.92. The summed E-state index contributed by atoms with van der Waals surface area (Å²) in [6, 6.07) is 3.39. The van der Waals surface area contributed by atoms with Gasteiger partial charge in [0.25, 0.3) is 0 Å². The quantitative estimate of drug-likeness (QED) is 0.822. The fraction of sp³-hybridized carbons (Fsp3) is 0.0909. The van der Waals surface area contributed by atoms with Crippen molar-refractivity contribution in [2.75, 3.05) is 0 Å². The van der Waals surface area contributed by atoms with Crippen molar-refractivity contribution in [2.24, 2.45) is 0 Å². The minimum absolute atomic E-state index is 0.0307. The molecule has 0 fully saturated rings. The normalized spacial score (nSPS) is 10.1. The zero-order valence-electron chi connectivity index (χ0n) is 8.58. The topological polar surface area (TPSA) is 76.0 Å². The number of hydrogen-bond donors (Lipinski definition) is 1. The minimum atomic E-state index is -1.08. The van der Waals surface area contributed by atoms with Crippen molar-refractivity contribution in [2.45, 2.75) is 6.92 Å². The van der Waals surface area contributed by atoms with Gasteiger partial charge in [-0.2, -0.15) is 0 Å². The third kappa shape index (κ3) is 1.88. The fourth-order valence-electron chi connectivity index (χ4n) is 1.35. The van der Waals surface area contributed by atoms with Crippen LogP contribution in [0, 0.1) is 6.92 Å². The molecule has 0 unspecified atom stereocenters. The maximum atomic E-state index is 11.0. The van der Waals surface area contributed by atoms with Gasteiger partial charge in [-0.1, -0.05) is 0 Å². The minimum Gasteiger partial charge on any atom is -0.476 e. The molecule has 0 radical (unpaired) electrons. The molecule has 0 atom stereocenters. The van der Waals surface area contributed by atoms with Gasteiger partial charge in [-0.05, 0) is 24.6 Å². The van der Waals surface area contributed by atoms with Crippen LogP contribution < -0.4 is 0 Å². The highest BCUT2D eigenvalue weighted by Crippen LogP contribution is 2.19. The van der Waals surface area contributed by atoms with Crippen LogP contribution in [0.15, 0.2) is 30.7 Å². The van der Waals surface area contributed by atoms with Gasteiger partial charge in [0, 0.05) is 18.6 Å². The lowest BCUT2D eigenvalue weighted by Crippen LogP contribution is -2.05. The van der Waals surface area contributed by atoms with Gasteiger partial charge in [-0.3, -0.25) is 0 Å². The zero-order valence-corrected chi connectivity index (χ0v) is 8.58. The van der Waals surface area contributed by atoms with Crippen LogP contribution in [0.1, 0.15) is 16.1 Å². The van der Waals surface area contributed by atoms with Crippen LogP contribution in [-0.2, 0) is 0 Å². The SMILES string of the molecule is Cc1cnc(C(=O)O)c(-c2ncccn2)c1. The Morgan fingerprint density at radius 2 is 1.94 bits per heavy atom. The first-order valence-electron chi connectivity index (χ1n) is 4.66. The Bertz CT molecular complexity index is 526. The first-order valence-corrected chi connectivity index (χ1v) is 4.66. The van der Waals surface area contributed by atoms with E-state index in [1.54, 1.807) is 24.5 Å². The number of carboxylic acid groups (broad SMARTS) is 1. The molecule has 0 aliphatic heterocycles. The third-order valence-electron chi connectivity index (χ3n) is 2.03. The van der Waals surface area contributed by atoms with E-state index in [0.717, 1.165) is 5.56 Å². The van der Waals surface area contributed by atoms with Gasteiger partial charge >= 0.3 is 5.97 Å². The van der Waals surface area contributed by atoms with Crippen LogP contribution >= 0.6 is 0 Å². The van der Waals surface area contributed by atoms with Crippen molar-refractivity contribution in [3.63, 3.8) is 0 Å². The van der Waals surface area contributed by atoms with Gasteiger partial charge in [0.15, 0.2) is 11.5 Å². The lowest BCUT2D eigenvalue weighted by molar-refractivity contribution is 0.0691. The van der Waals surface area contributed by atoms with Crippen molar-refractivity contribution >= 4 is 5.97 Å². The number of carbonyl (C=O) groups is 1. The van der Waals surface area contributed by atoms with Crippen molar-refractivity contribution in [3.8, 4) is 11.4 Å². The molecule has 5 heteroatoms. The fourth-order valence-corrected chi connectivity index (χ4v) is 1.35. The summed E-state index contributed by atoms with van der Waals surface area (Å²) < 4.78 is 0. The number of aromatic nitrogens is 3. The van der Waals surface area contributed by atoms with Crippen molar-refractivity contribution < 1.29 is 9.90 Å². The molecule has 5 nitrogen and oxygen atoms in total. The number of aryl methyl sites for hydroxylation is 1. The summed E-state index contributed by atoms with van der Waals surface area (Å²) in [5.74, 6) is -0.710. The number of pyridine rings is 1. The van der Waals surface area contributed by atoms with E-state index in [2.05, 4.69) is 15.0 Å². The lowest BCUT2D eigenvalue weighted by Gasteiger charge is -2.04. The number of aromatic carboxylic acids is 1. The maximum absolute atomic E-state index is 11.0. The Kier molecular flexibility index (Phi) is 2.59. The first kappa shape index (κ1) is 10.2. The average Bonchev–Trinajstić information content (AvgIpc) is 2.29. The molecule has 0 spiro atoms. The highest BCUT2D eigenvalue weighted by Gasteiger charge is 2.15. The van der Waals surface area contributed by atoms with E-state index in [9.17, 15) is 4.79 Å². The Morgan fingerprint density at radius 1 is 1.25 bits per heavy atom. The van der Waals surface area contributed by atoms with Crippen LogP contribution in [0.5, 0.6) is 0 Å². The maximum Gasteiger partial charge on any atom is 0.355 e. The standard InChI is InChI=1S/C11H9N3O2/c1-7-5-8(9(11(15)16)14-6-7)10-12-3-2-4-13-10/h2-6H,1H3,(H,15,16). The average molecular weight is 215 g/mol. The van der Waals surface area contributed by atoms with E-state index >= 15 is 0 Å². The summed E-state index contributed by atoms with van der Waals surface area (Å²) in [6.45, 7) is 1.84. The predicted octanol–water partition coefficient (Wildman–Crippen LogP) is 1.55. The summed E-state index contributed by atoms with van der Waals surface area (Å²) in [7, 11) is 0. The van der Waals surface area contributed by atoms with Gasteiger partial charge < -0.3 is 5.11 Å².